The van der Waals surface area contributed by atoms with Crippen molar-refractivity contribution in [2.45, 2.75) is 58.5 Å². The molecule has 2 saturated heterocycles. The van der Waals surface area contributed by atoms with Crippen LogP contribution in [0.2, 0.25) is 45.8 Å². The second-order valence-electron chi connectivity index (χ2n) is 7.14. The highest BCUT2D eigenvalue weighted by atomic mass is 28.5. The molecule has 6 nitrogen and oxygen atoms in total. The van der Waals surface area contributed by atoms with Gasteiger partial charge in [0.15, 0.2) is 6.29 Å². The first-order valence-electron chi connectivity index (χ1n) is 7.44. The highest BCUT2D eigenvalue weighted by molar-refractivity contribution is 6.93. The Bertz CT molecular complexity index is 363. The second-order valence-corrected chi connectivity index (χ2v) is 21.4. The summed E-state index contributed by atoms with van der Waals surface area (Å²) >= 11 is 0. The van der Waals surface area contributed by atoms with Crippen LogP contribution in [0.3, 0.4) is 0 Å². The lowest BCUT2D eigenvalue weighted by atomic mass is 10.3. The lowest BCUT2D eigenvalue weighted by Crippen LogP contribution is -2.66. The van der Waals surface area contributed by atoms with E-state index in [1.54, 1.807) is 0 Å². The average Bonchev–Trinajstić information content (AvgIpc) is 2.04. The second kappa shape index (κ2) is 5.92. The fraction of sp³-hybridized carbons (Fsp3) is 1.00. The summed E-state index contributed by atoms with van der Waals surface area (Å²) in [4.78, 5) is 0. The highest BCUT2D eigenvalue weighted by Gasteiger charge is 2.53. The summed E-state index contributed by atoms with van der Waals surface area (Å²) in [6, 6.07) is 0. The summed E-state index contributed by atoms with van der Waals surface area (Å²) < 4.78 is 36.5. The van der Waals surface area contributed by atoms with Gasteiger partial charge < -0.3 is 25.9 Å². The summed E-state index contributed by atoms with van der Waals surface area (Å²) in [6.45, 7) is 15.2. The molecule has 2 heterocycles. The van der Waals surface area contributed by atoms with E-state index in [1.165, 1.54) is 0 Å². The summed E-state index contributed by atoms with van der Waals surface area (Å²) in [5.74, 6) is 0. The predicted molar refractivity (Wildman–Crippen MR) is 88.7 cm³/mol. The Morgan fingerprint density at radius 1 is 0.810 bits per heavy atom. The molecule has 0 saturated carbocycles. The number of hydrogen-bond donors (Lipinski definition) is 0. The van der Waals surface area contributed by atoms with Crippen molar-refractivity contribution in [3.63, 3.8) is 0 Å². The van der Waals surface area contributed by atoms with E-state index in [2.05, 4.69) is 39.3 Å². The van der Waals surface area contributed by atoms with E-state index >= 15 is 0 Å². The van der Waals surface area contributed by atoms with Gasteiger partial charge in [0.1, 0.15) is 0 Å². The molecule has 0 aromatic carbocycles. The molecule has 0 radical (unpaired) electrons. The van der Waals surface area contributed by atoms with E-state index in [1.807, 2.05) is 6.55 Å². The number of rotatable bonds is 3. The van der Waals surface area contributed by atoms with Crippen molar-refractivity contribution >= 4 is 34.2 Å². The molecule has 2 fully saturated rings. The summed E-state index contributed by atoms with van der Waals surface area (Å²) in [6.07, 6.45) is 1.30. The number of hydrogen-bond acceptors (Lipinski definition) is 6. The molecule has 1 unspecified atom stereocenters. The number of ether oxygens (including phenoxy) is 2. The first-order chi connectivity index (χ1) is 9.41. The SMILES string of the molecule is C[Si]1(C)O[Si](C)(C)O[Si](C)(COC2CCO2)O[Si](C)(C)O1. The summed E-state index contributed by atoms with van der Waals surface area (Å²) in [5, 5.41) is 0. The van der Waals surface area contributed by atoms with Crippen molar-refractivity contribution in [3.05, 3.63) is 0 Å². The van der Waals surface area contributed by atoms with Crippen LogP contribution < -0.4 is 0 Å². The van der Waals surface area contributed by atoms with Gasteiger partial charge >= 0.3 is 34.2 Å². The third-order valence-corrected chi connectivity index (χ3v) is 19.0. The van der Waals surface area contributed by atoms with Gasteiger partial charge in [0.05, 0.1) is 12.8 Å². The van der Waals surface area contributed by atoms with Crippen molar-refractivity contribution in [1.29, 1.82) is 0 Å². The van der Waals surface area contributed by atoms with Gasteiger partial charge in [-0.2, -0.15) is 0 Å². The van der Waals surface area contributed by atoms with Gasteiger partial charge in [-0.05, 0) is 45.8 Å². The largest absolute Gasteiger partial charge is 0.416 e. The van der Waals surface area contributed by atoms with E-state index in [9.17, 15) is 0 Å². The highest BCUT2D eigenvalue weighted by Crippen LogP contribution is 2.31. The maximum absolute atomic E-state index is 6.40. The Hall–Kier alpha value is 0.628. The molecule has 2 rings (SSSR count). The third kappa shape index (κ3) is 5.34. The van der Waals surface area contributed by atoms with E-state index in [-0.39, 0.29) is 6.29 Å². The lowest BCUT2D eigenvalue weighted by Gasteiger charge is -2.47. The van der Waals surface area contributed by atoms with Crippen LogP contribution in [0.5, 0.6) is 0 Å². The minimum absolute atomic E-state index is 0.103. The van der Waals surface area contributed by atoms with Gasteiger partial charge in [-0.15, -0.1) is 0 Å². The van der Waals surface area contributed by atoms with Crippen molar-refractivity contribution in [2.24, 2.45) is 0 Å². The quantitative estimate of drug-likeness (QED) is 0.714. The fourth-order valence-corrected chi connectivity index (χ4v) is 23.9. The maximum Gasteiger partial charge on any atom is 0.344 e. The molecule has 0 aromatic heterocycles. The average molecular weight is 369 g/mol. The van der Waals surface area contributed by atoms with Crippen molar-refractivity contribution in [2.75, 3.05) is 12.8 Å². The third-order valence-electron chi connectivity index (χ3n) is 3.10. The molecule has 0 bridgehead atoms. The first kappa shape index (κ1) is 18.0. The Labute approximate surface area is 132 Å². The fourth-order valence-electron chi connectivity index (χ4n) is 2.96. The summed E-state index contributed by atoms with van der Waals surface area (Å²) in [5.41, 5.74) is 0. The summed E-state index contributed by atoms with van der Waals surface area (Å²) in [7, 11) is -9.31. The van der Waals surface area contributed by atoms with Gasteiger partial charge in [0, 0.05) is 6.42 Å². The Morgan fingerprint density at radius 3 is 1.62 bits per heavy atom. The van der Waals surface area contributed by atoms with Crippen LogP contribution in [-0.2, 0) is 25.9 Å². The molecule has 1 atom stereocenters. The zero-order valence-electron chi connectivity index (χ0n) is 14.1. The van der Waals surface area contributed by atoms with Gasteiger partial charge in [-0.1, -0.05) is 0 Å². The zero-order valence-corrected chi connectivity index (χ0v) is 18.1. The predicted octanol–water partition coefficient (Wildman–Crippen LogP) is 2.55. The van der Waals surface area contributed by atoms with Gasteiger partial charge in [0.2, 0.25) is 0 Å². The molecule has 0 amide bonds. The first-order valence-corrected chi connectivity index (χ1v) is 18.4. The molecular formula is C11H28O6Si4. The molecule has 2 aliphatic heterocycles. The van der Waals surface area contributed by atoms with Gasteiger partial charge in [0.25, 0.3) is 0 Å². The molecular weight excluding hydrogens is 340 g/mol. The smallest absolute Gasteiger partial charge is 0.344 e. The zero-order chi connectivity index (χ0) is 15.9. The molecule has 0 N–H and O–H groups in total. The molecule has 21 heavy (non-hydrogen) atoms. The molecule has 0 spiro atoms. The monoisotopic (exact) mass is 368 g/mol. The molecule has 124 valence electrons. The van der Waals surface area contributed by atoms with Crippen molar-refractivity contribution in [3.8, 4) is 0 Å². The molecule has 0 aromatic rings. The minimum Gasteiger partial charge on any atom is -0.416 e. The lowest BCUT2D eigenvalue weighted by molar-refractivity contribution is -0.208. The molecule has 2 aliphatic rings. The van der Waals surface area contributed by atoms with Crippen LogP contribution in [0.1, 0.15) is 6.42 Å². The van der Waals surface area contributed by atoms with Gasteiger partial charge in [-0.25, -0.2) is 0 Å². The Kier molecular flexibility index (Phi) is 5.07. The maximum atomic E-state index is 6.40. The van der Waals surface area contributed by atoms with Crippen LogP contribution in [0, 0.1) is 0 Å². The minimum atomic E-state index is -2.50. The van der Waals surface area contributed by atoms with E-state index in [0.717, 1.165) is 13.0 Å². The van der Waals surface area contributed by atoms with Crippen LogP contribution >= 0.6 is 0 Å². The van der Waals surface area contributed by atoms with E-state index in [0.29, 0.717) is 6.23 Å². The molecule has 0 aliphatic carbocycles. The van der Waals surface area contributed by atoms with E-state index in [4.69, 9.17) is 25.9 Å². The van der Waals surface area contributed by atoms with Crippen LogP contribution in [0.15, 0.2) is 0 Å². The standard InChI is InChI=1S/C11H28O6Si4/c1-18(2)14-19(3,4)16-21(7,17-20(5,6)15-18)10-13-11-8-9-12-11/h11H,8-10H2,1-7H3. The van der Waals surface area contributed by atoms with Gasteiger partial charge in [-0.3, -0.25) is 0 Å². The topological polar surface area (TPSA) is 55.4 Å². The normalized spacial score (nSPS) is 33.6. The Morgan fingerprint density at radius 2 is 1.24 bits per heavy atom. The van der Waals surface area contributed by atoms with Crippen LogP contribution in [0.25, 0.3) is 0 Å². The van der Waals surface area contributed by atoms with Crippen molar-refractivity contribution < 1.29 is 25.9 Å². The molecule has 10 heteroatoms. The van der Waals surface area contributed by atoms with Crippen LogP contribution in [-0.4, -0.2) is 53.4 Å². The van der Waals surface area contributed by atoms with Crippen molar-refractivity contribution in [1.82, 2.24) is 0 Å². The van der Waals surface area contributed by atoms with Crippen LogP contribution in [0.4, 0.5) is 0 Å². The Balaban J connectivity index is 2.11. The van der Waals surface area contributed by atoms with E-state index < -0.39 is 34.2 Å².